The highest BCUT2D eigenvalue weighted by molar-refractivity contribution is 5.91. The SMILES string of the molecule is CCC(CF)(CF)/C(CF)=N\O. The van der Waals surface area contributed by atoms with Gasteiger partial charge in [-0.1, -0.05) is 12.1 Å². The van der Waals surface area contributed by atoms with Crippen LogP contribution in [0, 0.1) is 5.41 Å². The van der Waals surface area contributed by atoms with Crippen LogP contribution in [0.15, 0.2) is 5.16 Å². The average Bonchev–Trinajstić information content (AvgIpc) is 2.14. The van der Waals surface area contributed by atoms with Crippen molar-refractivity contribution in [1.29, 1.82) is 0 Å². The number of hydrogen-bond acceptors (Lipinski definition) is 2. The molecule has 5 heteroatoms. The van der Waals surface area contributed by atoms with Crippen LogP contribution in [0.1, 0.15) is 13.3 Å². The third kappa shape index (κ3) is 1.89. The van der Waals surface area contributed by atoms with Gasteiger partial charge in [0, 0.05) is 0 Å². The zero-order valence-electron chi connectivity index (χ0n) is 6.86. The van der Waals surface area contributed by atoms with Crippen LogP contribution in [0.2, 0.25) is 0 Å². The molecule has 0 fully saturated rings. The van der Waals surface area contributed by atoms with E-state index in [0.29, 0.717) is 0 Å². The Morgan fingerprint density at radius 1 is 1.33 bits per heavy atom. The third-order valence-corrected chi connectivity index (χ3v) is 2.05. The monoisotopic (exact) mass is 183 g/mol. The van der Waals surface area contributed by atoms with E-state index >= 15 is 0 Å². The molecule has 72 valence electrons. The minimum atomic E-state index is -1.57. The molecule has 0 aliphatic rings. The molecule has 2 nitrogen and oxygen atoms in total. The molecule has 0 saturated heterocycles. The van der Waals surface area contributed by atoms with Crippen LogP contribution in [-0.2, 0) is 0 Å². The summed E-state index contributed by atoms with van der Waals surface area (Å²) in [7, 11) is 0. The normalized spacial score (nSPS) is 13.5. The summed E-state index contributed by atoms with van der Waals surface area (Å²) >= 11 is 0. The predicted molar refractivity (Wildman–Crippen MR) is 39.9 cm³/mol. The lowest BCUT2D eigenvalue weighted by molar-refractivity contribution is 0.205. The van der Waals surface area contributed by atoms with Gasteiger partial charge in [0.1, 0.15) is 20.0 Å². The van der Waals surface area contributed by atoms with Crippen molar-refractivity contribution >= 4 is 5.71 Å². The molecule has 0 aromatic heterocycles. The number of halogens is 3. The van der Waals surface area contributed by atoms with Gasteiger partial charge in [-0.15, -0.1) is 0 Å². The third-order valence-electron chi connectivity index (χ3n) is 2.05. The number of hydrogen-bond donors (Lipinski definition) is 1. The second-order valence-electron chi connectivity index (χ2n) is 2.58. The second kappa shape index (κ2) is 5.00. The molecule has 0 aliphatic carbocycles. The van der Waals surface area contributed by atoms with Crippen molar-refractivity contribution in [3.8, 4) is 0 Å². The van der Waals surface area contributed by atoms with Gasteiger partial charge in [-0.25, -0.2) is 13.2 Å². The maximum absolute atomic E-state index is 12.3. The Morgan fingerprint density at radius 3 is 1.92 bits per heavy atom. The zero-order chi connectivity index (χ0) is 9.61. The molecule has 0 saturated carbocycles. The van der Waals surface area contributed by atoms with Gasteiger partial charge in [-0.05, 0) is 6.42 Å². The molecular formula is C7H12F3NO. The summed E-state index contributed by atoms with van der Waals surface area (Å²) in [6, 6.07) is 0. The second-order valence-corrected chi connectivity index (χ2v) is 2.58. The van der Waals surface area contributed by atoms with Crippen LogP contribution in [0.25, 0.3) is 0 Å². The first-order valence-corrected chi connectivity index (χ1v) is 3.60. The fourth-order valence-electron chi connectivity index (χ4n) is 0.858. The summed E-state index contributed by atoms with van der Waals surface area (Å²) < 4.78 is 36.8. The average molecular weight is 183 g/mol. The van der Waals surface area contributed by atoms with Crippen LogP contribution in [0.5, 0.6) is 0 Å². The lowest BCUT2D eigenvalue weighted by Gasteiger charge is -2.25. The summed E-state index contributed by atoms with van der Waals surface area (Å²) in [5.41, 5.74) is -2.03. The molecule has 0 atom stereocenters. The summed E-state index contributed by atoms with van der Waals surface area (Å²) in [4.78, 5) is 0. The first-order valence-electron chi connectivity index (χ1n) is 3.60. The highest BCUT2D eigenvalue weighted by Crippen LogP contribution is 2.26. The maximum atomic E-state index is 12.3. The number of nitrogens with zero attached hydrogens (tertiary/aromatic N) is 1. The van der Waals surface area contributed by atoms with Gasteiger partial charge in [-0.2, -0.15) is 0 Å². The van der Waals surface area contributed by atoms with E-state index in [9.17, 15) is 13.2 Å². The van der Waals surface area contributed by atoms with Crippen LogP contribution < -0.4 is 0 Å². The quantitative estimate of drug-likeness (QED) is 0.395. The Balaban J connectivity index is 4.68. The molecule has 0 radical (unpaired) electrons. The molecule has 0 rings (SSSR count). The van der Waals surface area contributed by atoms with Crippen LogP contribution in [0.3, 0.4) is 0 Å². The molecule has 0 aromatic rings. The highest BCUT2D eigenvalue weighted by Gasteiger charge is 2.35. The van der Waals surface area contributed by atoms with E-state index in [1.165, 1.54) is 6.92 Å². The topological polar surface area (TPSA) is 32.6 Å². The van der Waals surface area contributed by atoms with Gasteiger partial charge >= 0.3 is 0 Å². The van der Waals surface area contributed by atoms with Crippen molar-refractivity contribution in [2.24, 2.45) is 10.6 Å². The molecule has 0 aromatic carbocycles. The summed E-state index contributed by atoms with van der Waals surface area (Å²) in [5, 5.41) is 10.8. The van der Waals surface area contributed by atoms with Crippen molar-refractivity contribution in [2.75, 3.05) is 20.0 Å². The Hall–Kier alpha value is -0.740. The van der Waals surface area contributed by atoms with Gasteiger partial charge in [-0.3, -0.25) is 0 Å². The standard InChI is InChI=1S/C7H12F3NO/c1-2-7(4-9,5-10)6(3-8)11-12/h12H,2-5H2,1H3/b11-6-. The van der Waals surface area contributed by atoms with Gasteiger partial charge in [0.15, 0.2) is 0 Å². The summed E-state index contributed by atoms with van der Waals surface area (Å²) in [6.45, 7) is -1.72. The molecule has 1 N–H and O–H groups in total. The molecule has 12 heavy (non-hydrogen) atoms. The minimum Gasteiger partial charge on any atom is -0.411 e. The fraction of sp³-hybridized carbons (Fsp3) is 0.857. The van der Waals surface area contributed by atoms with Crippen molar-refractivity contribution < 1.29 is 18.4 Å². The fourth-order valence-corrected chi connectivity index (χ4v) is 0.858. The lowest BCUT2D eigenvalue weighted by Crippen LogP contribution is -2.36. The number of alkyl halides is 3. The first-order chi connectivity index (χ1) is 5.70. The molecule has 0 bridgehead atoms. The van der Waals surface area contributed by atoms with E-state index < -0.39 is 31.2 Å². The zero-order valence-corrected chi connectivity index (χ0v) is 6.86. The van der Waals surface area contributed by atoms with Gasteiger partial charge in [0.05, 0.1) is 11.1 Å². The van der Waals surface area contributed by atoms with Crippen molar-refractivity contribution in [3.05, 3.63) is 0 Å². The van der Waals surface area contributed by atoms with Gasteiger partial charge in [0.2, 0.25) is 0 Å². The van der Waals surface area contributed by atoms with Crippen molar-refractivity contribution in [1.82, 2.24) is 0 Å². The lowest BCUT2D eigenvalue weighted by atomic mass is 9.83. The molecule has 0 spiro atoms. The smallest absolute Gasteiger partial charge is 0.132 e. The number of rotatable bonds is 5. The van der Waals surface area contributed by atoms with E-state index in [1.54, 1.807) is 0 Å². The largest absolute Gasteiger partial charge is 0.411 e. The van der Waals surface area contributed by atoms with Crippen LogP contribution in [-0.4, -0.2) is 30.9 Å². The molecule has 0 aliphatic heterocycles. The maximum Gasteiger partial charge on any atom is 0.132 e. The van der Waals surface area contributed by atoms with E-state index in [4.69, 9.17) is 5.21 Å². The molecule has 0 unspecified atom stereocenters. The summed E-state index contributed by atoms with van der Waals surface area (Å²) in [6.07, 6.45) is 0.0727. The number of oxime groups is 1. The molecule has 0 heterocycles. The van der Waals surface area contributed by atoms with Crippen LogP contribution >= 0.6 is 0 Å². The molecular weight excluding hydrogens is 171 g/mol. The van der Waals surface area contributed by atoms with Gasteiger partial charge < -0.3 is 5.21 Å². The van der Waals surface area contributed by atoms with E-state index in [2.05, 4.69) is 5.16 Å². The predicted octanol–water partition coefficient (Wildman–Crippen LogP) is 2.12. The Morgan fingerprint density at radius 2 is 1.83 bits per heavy atom. The highest BCUT2D eigenvalue weighted by atomic mass is 19.1. The first kappa shape index (κ1) is 11.3. The van der Waals surface area contributed by atoms with E-state index in [-0.39, 0.29) is 6.42 Å². The van der Waals surface area contributed by atoms with Crippen molar-refractivity contribution in [3.63, 3.8) is 0 Å². The van der Waals surface area contributed by atoms with Gasteiger partial charge in [0.25, 0.3) is 0 Å². The Kier molecular flexibility index (Phi) is 4.70. The minimum absolute atomic E-state index is 0.0727. The van der Waals surface area contributed by atoms with Crippen molar-refractivity contribution in [2.45, 2.75) is 13.3 Å². The van der Waals surface area contributed by atoms with E-state index in [1.807, 2.05) is 0 Å². The molecule has 0 amide bonds. The Bertz CT molecular complexity index is 148. The van der Waals surface area contributed by atoms with Crippen LogP contribution in [0.4, 0.5) is 13.2 Å². The Labute approximate surface area is 69.1 Å². The summed E-state index contributed by atoms with van der Waals surface area (Å²) in [5.74, 6) is 0. The van der Waals surface area contributed by atoms with E-state index in [0.717, 1.165) is 0 Å².